The van der Waals surface area contributed by atoms with Crippen LogP contribution >= 0.6 is 0 Å². The lowest BCUT2D eigenvalue weighted by Crippen LogP contribution is -2.30. The second-order valence-electron chi connectivity index (χ2n) is 1.25. The minimum Gasteiger partial charge on any atom is -0.287 e. The summed E-state index contributed by atoms with van der Waals surface area (Å²) >= 11 is 0. The first-order chi connectivity index (χ1) is 3.77. The molecule has 0 aromatic heterocycles. The highest BCUT2D eigenvalue weighted by molar-refractivity contribution is 5.75. The molecule has 0 amide bonds. The summed E-state index contributed by atoms with van der Waals surface area (Å²) in [6.07, 6.45) is 1.59. The Balaban J connectivity index is 3.05. The molecule has 0 saturated carbocycles. The van der Waals surface area contributed by atoms with Gasteiger partial charge >= 0.3 is 0 Å². The molecule has 0 atom stereocenters. The van der Waals surface area contributed by atoms with Gasteiger partial charge in [0, 0.05) is 6.21 Å². The van der Waals surface area contributed by atoms with Gasteiger partial charge in [0.1, 0.15) is 5.84 Å². The molecule has 0 unspecified atom stereocenters. The van der Waals surface area contributed by atoms with Gasteiger partial charge in [-0.25, -0.2) is 5.53 Å². The van der Waals surface area contributed by atoms with E-state index in [1.165, 1.54) is 0 Å². The van der Waals surface area contributed by atoms with Gasteiger partial charge in [-0.3, -0.25) is 10.8 Å². The molecule has 0 saturated heterocycles. The first kappa shape index (κ1) is 6.94. The van der Waals surface area contributed by atoms with Crippen molar-refractivity contribution in [1.29, 1.82) is 5.41 Å². The molecular formula is C4H10N4. The molecule has 46 valence electrons. The third-order valence-corrected chi connectivity index (χ3v) is 0.437. The van der Waals surface area contributed by atoms with Crippen molar-refractivity contribution in [3.05, 3.63) is 0 Å². The predicted octanol–water partition coefficient (Wildman–Crippen LogP) is 0.0835. The standard InChI is InChI=1S/C4H10N4/c1-3-6-8-7-4(2)5/h3,8H,1-2H3,(H2,5,7). The van der Waals surface area contributed by atoms with Crippen molar-refractivity contribution in [3.8, 4) is 0 Å². The summed E-state index contributed by atoms with van der Waals surface area (Å²) in [4.78, 5) is 0. The van der Waals surface area contributed by atoms with Crippen LogP contribution in [-0.2, 0) is 0 Å². The first-order valence-corrected chi connectivity index (χ1v) is 2.31. The van der Waals surface area contributed by atoms with E-state index in [9.17, 15) is 0 Å². The molecule has 0 aliphatic heterocycles. The van der Waals surface area contributed by atoms with Crippen LogP contribution < -0.4 is 11.0 Å². The van der Waals surface area contributed by atoms with Crippen molar-refractivity contribution in [2.75, 3.05) is 0 Å². The van der Waals surface area contributed by atoms with Gasteiger partial charge in [0.15, 0.2) is 0 Å². The van der Waals surface area contributed by atoms with E-state index in [1.807, 2.05) is 0 Å². The highest BCUT2D eigenvalue weighted by Crippen LogP contribution is 1.54. The largest absolute Gasteiger partial charge is 0.287 e. The Kier molecular flexibility index (Phi) is 3.56. The smallest absolute Gasteiger partial charge is 0.110 e. The first-order valence-electron chi connectivity index (χ1n) is 2.31. The van der Waals surface area contributed by atoms with E-state index in [1.54, 1.807) is 20.1 Å². The van der Waals surface area contributed by atoms with Crippen LogP contribution in [0.4, 0.5) is 0 Å². The number of hydrazine groups is 1. The van der Waals surface area contributed by atoms with E-state index in [4.69, 9.17) is 5.41 Å². The number of hydrazone groups is 1. The Hall–Kier alpha value is -1.06. The topological polar surface area (TPSA) is 60.3 Å². The van der Waals surface area contributed by atoms with Crippen LogP contribution in [0.2, 0.25) is 0 Å². The maximum atomic E-state index is 6.83. The Bertz CT molecular complexity index is 96.2. The fourth-order valence-corrected chi connectivity index (χ4v) is 0.181. The molecule has 8 heavy (non-hydrogen) atoms. The zero-order chi connectivity index (χ0) is 6.41. The van der Waals surface area contributed by atoms with E-state index >= 15 is 0 Å². The average molecular weight is 114 g/mol. The SMILES string of the molecule is CC=NNNC(C)=N. The third-order valence-electron chi connectivity index (χ3n) is 0.437. The number of amidine groups is 1. The van der Waals surface area contributed by atoms with Crippen molar-refractivity contribution in [2.45, 2.75) is 13.8 Å². The zero-order valence-electron chi connectivity index (χ0n) is 5.02. The predicted molar refractivity (Wildman–Crippen MR) is 33.8 cm³/mol. The van der Waals surface area contributed by atoms with Crippen LogP contribution in [0.25, 0.3) is 0 Å². The van der Waals surface area contributed by atoms with Crippen molar-refractivity contribution in [1.82, 2.24) is 11.0 Å². The molecule has 0 aliphatic rings. The normalized spacial score (nSPS) is 9.25. The van der Waals surface area contributed by atoms with Gasteiger partial charge in [0.25, 0.3) is 0 Å². The summed E-state index contributed by atoms with van der Waals surface area (Å²) in [7, 11) is 0. The second-order valence-corrected chi connectivity index (χ2v) is 1.25. The van der Waals surface area contributed by atoms with E-state index in [0.717, 1.165) is 0 Å². The highest BCUT2D eigenvalue weighted by atomic mass is 15.6. The minimum atomic E-state index is 0.343. The van der Waals surface area contributed by atoms with Gasteiger partial charge in [0.2, 0.25) is 0 Å². The summed E-state index contributed by atoms with van der Waals surface area (Å²) < 4.78 is 0. The van der Waals surface area contributed by atoms with Gasteiger partial charge in [0.05, 0.1) is 0 Å². The molecule has 0 radical (unpaired) electrons. The molecule has 0 aliphatic carbocycles. The van der Waals surface area contributed by atoms with Crippen LogP contribution in [0.3, 0.4) is 0 Å². The molecule has 0 spiro atoms. The number of hydrogen-bond acceptors (Lipinski definition) is 3. The van der Waals surface area contributed by atoms with Crippen molar-refractivity contribution < 1.29 is 0 Å². The lowest BCUT2D eigenvalue weighted by molar-refractivity contribution is 0.696. The quantitative estimate of drug-likeness (QED) is 0.270. The molecule has 0 aromatic rings. The molecule has 4 nitrogen and oxygen atoms in total. The van der Waals surface area contributed by atoms with E-state index < -0.39 is 0 Å². The molecule has 4 heteroatoms. The Morgan fingerprint density at radius 1 is 1.75 bits per heavy atom. The summed E-state index contributed by atoms with van der Waals surface area (Å²) in [5, 5.41) is 10.4. The van der Waals surface area contributed by atoms with Crippen LogP contribution in [0.1, 0.15) is 13.8 Å². The fourth-order valence-electron chi connectivity index (χ4n) is 0.181. The van der Waals surface area contributed by atoms with Gasteiger partial charge in [-0.05, 0) is 13.8 Å². The summed E-state index contributed by atoms with van der Waals surface area (Å²) in [6, 6.07) is 0. The molecule has 0 rings (SSSR count). The Labute approximate surface area is 48.5 Å². The minimum absolute atomic E-state index is 0.343. The van der Waals surface area contributed by atoms with Gasteiger partial charge in [-0.15, -0.1) is 0 Å². The van der Waals surface area contributed by atoms with Gasteiger partial charge in [-0.1, -0.05) is 0 Å². The van der Waals surface area contributed by atoms with Crippen LogP contribution in [-0.4, -0.2) is 12.1 Å². The molecule has 0 bridgehead atoms. The molecule has 0 aromatic carbocycles. The number of hydrogen-bond donors (Lipinski definition) is 3. The van der Waals surface area contributed by atoms with Gasteiger partial charge < -0.3 is 0 Å². The Morgan fingerprint density at radius 2 is 2.38 bits per heavy atom. The number of rotatable bonds is 2. The van der Waals surface area contributed by atoms with Crippen LogP contribution in [0.5, 0.6) is 0 Å². The lowest BCUT2D eigenvalue weighted by atomic mass is 10.7. The third kappa shape index (κ3) is 4.94. The molecule has 3 N–H and O–H groups in total. The maximum absolute atomic E-state index is 6.83. The van der Waals surface area contributed by atoms with Gasteiger partial charge in [-0.2, -0.15) is 5.10 Å². The summed E-state index contributed by atoms with van der Waals surface area (Å²) in [6.45, 7) is 3.41. The molecule has 0 fully saturated rings. The van der Waals surface area contributed by atoms with E-state index in [-0.39, 0.29) is 0 Å². The summed E-state index contributed by atoms with van der Waals surface area (Å²) in [5.74, 6) is 0.343. The number of nitrogens with zero attached hydrogens (tertiary/aromatic N) is 1. The van der Waals surface area contributed by atoms with Crippen molar-refractivity contribution in [2.24, 2.45) is 5.10 Å². The van der Waals surface area contributed by atoms with Crippen LogP contribution in [0, 0.1) is 5.41 Å². The Morgan fingerprint density at radius 3 is 2.75 bits per heavy atom. The molecular weight excluding hydrogens is 104 g/mol. The van der Waals surface area contributed by atoms with Crippen molar-refractivity contribution in [3.63, 3.8) is 0 Å². The monoisotopic (exact) mass is 114 g/mol. The zero-order valence-corrected chi connectivity index (χ0v) is 5.02. The van der Waals surface area contributed by atoms with Crippen LogP contribution in [0.15, 0.2) is 5.10 Å². The van der Waals surface area contributed by atoms with E-state index in [0.29, 0.717) is 5.84 Å². The fraction of sp³-hybridized carbons (Fsp3) is 0.500. The molecule has 0 heterocycles. The lowest BCUT2D eigenvalue weighted by Gasteiger charge is -1.98. The summed E-state index contributed by atoms with van der Waals surface area (Å²) in [5.41, 5.74) is 4.91. The van der Waals surface area contributed by atoms with E-state index in [2.05, 4.69) is 16.1 Å². The average Bonchev–Trinajstić information content (AvgIpc) is 1.66. The highest BCUT2D eigenvalue weighted by Gasteiger charge is 1.74. The second kappa shape index (κ2) is 4.11. The number of nitrogens with one attached hydrogen (secondary N) is 3. The van der Waals surface area contributed by atoms with Crippen molar-refractivity contribution >= 4 is 12.1 Å². The maximum Gasteiger partial charge on any atom is 0.110 e.